The molecule has 2 aromatic carbocycles. The van der Waals surface area contributed by atoms with Crippen LogP contribution in [0.2, 0.25) is 0 Å². The van der Waals surface area contributed by atoms with E-state index < -0.39 is 5.54 Å². The SMILES string of the molecule is CC(CN1C(=O)C2(CC2)N=C1c1ccc(-c2ccc3cnccc3c2)cc1)C1CCN(C(=O)C2CC2)C1. The number of amidine groups is 1. The maximum atomic E-state index is 13.4. The third kappa shape index (κ3) is 4.03. The van der Waals surface area contributed by atoms with Crippen molar-refractivity contribution in [3.8, 4) is 11.1 Å². The summed E-state index contributed by atoms with van der Waals surface area (Å²) in [6, 6.07) is 16.9. The normalized spacial score (nSPS) is 23.1. The summed E-state index contributed by atoms with van der Waals surface area (Å²) < 4.78 is 0. The van der Waals surface area contributed by atoms with E-state index in [9.17, 15) is 9.59 Å². The lowest BCUT2D eigenvalue weighted by Crippen LogP contribution is -2.41. The van der Waals surface area contributed by atoms with Crippen LogP contribution in [0.1, 0.15) is 44.6 Å². The fraction of sp³-hybridized carbons (Fsp3) is 0.419. The minimum absolute atomic E-state index is 0.158. The molecule has 2 aliphatic carbocycles. The minimum Gasteiger partial charge on any atom is -0.342 e. The fourth-order valence-electron chi connectivity index (χ4n) is 6.04. The molecule has 2 amide bonds. The smallest absolute Gasteiger partial charge is 0.256 e. The van der Waals surface area contributed by atoms with Gasteiger partial charge in [0.25, 0.3) is 5.91 Å². The highest BCUT2D eigenvalue weighted by Gasteiger charge is 2.57. The number of likely N-dealkylation sites (tertiary alicyclic amines) is 1. The predicted octanol–water partition coefficient (Wildman–Crippen LogP) is 4.92. The first-order valence-electron chi connectivity index (χ1n) is 13.7. The molecule has 2 aliphatic heterocycles. The summed E-state index contributed by atoms with van der Waals surface area (Å²) in [5, 5.41) is 2.30. The number of carbonyl (C=O) groups excluding carboxylic acids is 2. The van der Waals surface area contributed by atoms with Gasteiger partial charge >= 0.3 is 0 Å². The molecule has 2 saturated carbocycles. The Morgan fingerprint density at radius 2 is 1.76 bits per heavy atom. The summed E-state index contributed by atoms with van der Waals surface area (Å²) in [6.07, 6.45) is 8.52. The summed E-state index contributed by atoms with van der Waals surface area (Å²) in [4.78, 5) is 39.2. The quantitative estimate of drug-likeness (QED) is 0.491. The van der Waals surface area contributed by atoms with Crippen LogP contribution in [-0.4, -0.2) is 57.6 Å². The van der Waals surface area contributed by atoms with E-state index in [-0.39, 0.29) is 11.8 Å². The first kappa shape index (κ1) is 22.6. The van der Waals surface area contributed by atoms with Crippen molar-refractivity contribution >= 4 is 28.4 Å². The van der Waals surface area contributed by atoms with Crippen LogP contribution in [0.25, 0.3) is 21.9 Å². The van der Waals surface area contributed by atoms with Gasteiger partial charge in [-0.05, 0) is 72.6 Å². The highest BCUT2D eigenvalue weighted by molar-refractivity contribution is 6.16. The zero-order chi connectivity index (χ0) is 25.1. The molecule has 1 saturated heterocycles. The second kappa shape index (κ2) is 8.51. The molecule has 37 heavy (non-hydrogen) atoms. The zero-order valence-electron chi connectivity index (χ0n) is 21.3. The number of aliphatic imine (C=N–C) groups is 1. The van der Waals surface area contributed by atoms with Crippen molar-refractivity contribution < 1.29 is 9.59 Å². The molecule has 6 heteroatoms. The number of amides is 2. The van der Waals surface area contributed by atoms with Crippen molar-refractivity contribution in [1.29, 1.82) is 0 Å². The van der Waals surface area contributed by atoms with E-state index in [1.807, 2.05) is 23.4 Å². The van der Waals surface area contributed by atoms with Crippen LogP contribution >= 0.6 is 0 Å². The fourth-order valence-corrected chi connectivity index (χ4v) is 6.04. The average molecular weight is 493 g/mol. The molecule has 7 rings (SSSR count). The minimum atomic E-state index is -0.524. The number of nitrogens with zero attached hydrogens (tertiary/aromatic N) is 4. The van der Waals surface area contributed by atoms with E-state index in [0.717, 1.165) is 73.1 Å². The van der Waals surface area contributed by atoms with Crippen molar-refractivity contribution in [2.45, 2.75) is 44.6 Å². The largest absolute Gasteiger partial charge is 0.342 e. The van der Waals surface area contributed by atoms with E-state index in [1.165, 1.54) is 5.39 Å². The van der Waals surface area contributed by atoms with E-state index in [0.29, 0.717) is 24.3 Å². The Morgan fingerprint density at radius 3 is 2.51 bits per heavy atom. The van der Waals surface area contributed by atoms with Crippen molar-refractivity contribution in [2.75, 3.05) is 19.6 Å². The summed E-state index contributed by atoms with van der Waals surface area (Å²) in [7, 11) is 0. The van der Waals surface area contributed by atoms with Crippen molar-refractivity contribution in [1.82, 2.24) is 14.8 Å². The van der Waals surface area contributed by atoms with Gasteiger partial charge in [-0.15, -0.1) is 0 Å². The van der Waals surface area contributed by atoms with Gasteiger partial charge in [-0.25, -0.2) is 0 Å². The summed E-state index contributed by atoms with van der Waals surface area (Å²) in [5.41, 5.74) is 2.77. The van der Waals surface area contributed by atoms with Gasteiger partial charge in [0.05, 0.1) is 0 Å². The first-order chi connectivity index (χ1) is 18.0. The van der Waals surface area contributed by atoms with E-state index >= 15 is 0 Å². The van der Waals surface area contributed by atoms with Gasteiger partial charge in [0.15, 0.2) is 0 Å². The maximum Gasteiger partial charge on any atom is 0.256 e. The van der Waals surface area contributed by atoms with Crippen LogP contribution in [-0.2, 0) is 9.59 Å². The van der Waals surface area contributed by atoms with Crippen molar-refractivity contribution in [2.24, 2.45) is 22.7 Å². The number of benzene rings is 2. The standard InChI is InChI=1S/C31H32N4O2/c1-20(27-11-15-34(19-27)29(36)23-6-7-23)18-35-28(33-31(12-13-31)30(35)37)22-4-2-21(3-5-22)24-8-9-26-17-32-14-10-25(26)16-24/h2-5,8-10,14,16-17,20,23,27H,6-7,11-13,15,18-19H2,1H3. The predicted molar refractivity (Wildman–Crippen MR) is 144 cm³/mol. The number of aromatic nitrogens is 1. The molecular formula is C31H32N4O2. The summed E-state index contributed by atoms with van der Waals surface area (Å²) >= 11 is 0. The van der Waals surface area contributed by atoms with Crippen molar-refractivity contribution in [3.05, 3.63) is 66.5 Å². The van der Waals surface area contributed by atoms with E-state index in [4.69, 9.17) is 4.99 Å². The third-order valence-corrected chi connectivity index (χ3v) is 8.80. The maximum absolute atomic E-state index is 13.4. The lowest BCUT2D eigenvalue weighted by Gasteiger charge is -2.27. The Hall–Kier alpha value is -3.54. The van der Waals surface area contributed by atoms with Gasteiger partial charge in [0, 0.05) is 48.9 Å². The van der Waals surface area contributed by atoms with Gasteiger partial charge in [-0.2, -0.15) is 0 Å². The molecule has 3 heterocycles. The molecule has 1 spiro atoms. The number of hydrogen-bond donors (Lipinski definition) is 0. The molecule has 0 bridgehead atoms. The van der Waals surface area contributed by atoms with Gasteiger partial charge in [-0.1, -0.05) is 43.3 Å². The Labute approximate surface area is 217 Å². The number of carbonyl (C=O) groups is 2. The van der Waals surface area contributed by atoms with Crippen LogP contribution in [0.15, 0.2) is 65.9 Å². The third-order valence-electron chi connectivity index (χ3n) is 8.80. The van der Waals surface area contributed by atoms with Crippen molar-refractivity contribution in [3.63, 3.8) is 0 Å². The van der Waals surface area contributed by atoms with Crippen LogP contribution in [0.5, 0.6) is 0 Å². The highest BCUT2D eigenvalue weighted by Crippen LogP contribution is 2.46. The first-order valence-corrected chi connectivity index (χ1v) is 13.7. The van der Waals surface area contributed by atoms with Gasteiger partial charge in [0.1, 0.15) is 11.4 Å². The second-order valence-corrected chi connectivity index (χ2v) is 11.5. The zero-order valence-corrected chi connectivity index (χ0v) is 21.3. The second-order valence-electron chi connectivity index (χ2n) is 11.5. The lowest BCUT2D eigenvalue weighted by atomic mass is 9.92. The Balaban J connectivity index is 1.10. The molecule has 4 aliphatic rings. The van der Waals surface area contributed by atoms with Gasteiger partial charge < -0.3 is 4.90 Å². The molecule has 3 fully saturated rings. The van der Waals surface area contributed by atoms with Crippen LogP contribution in [0, 0.1) is 17.8 Å². The highest BCUT2D eigenvalue weighted by atomic mass is 16.2. The van der Waals surface area contributed by atoms with Gasteiger partial charge in [0.2, 0.25) is 5.91 Å². The summed E-state index contributed by atoms with van der Waals surface area (Å²) in [5.74, 6) is 2.33. The van der Waals surface area contributed by atoms with Crippen LogP contribution in [0.3, 0.4) is 0 Å². The molecule has 2 atom stereocenters. The lowest BCUT2D eigenvalue weighted by molar-refractivity contribution is -0.132. The Morgan fingerprint density at radius 1 is 1.00 bits per heavy atom. The monoisotopic (exact) mass is 492 g/mol. The van der Waals surface area contributed by atoms with Crippen LogP contribution in [0.4, 0.5) is 0 Å². The van der Waals surface area contributed by atoms with Gasteiger partial charge in [-0.3, -0.25) is 24.5 Å². The molecular weight excluding hydrogens is 460 g/mol. The van der Waals surface area contributed by atoms with E-state index in [1.54, 1.807) is 0 Å². The number of fused-ring (bicyclic) bond motifs is 1. The van der Waals surface area contributed by atoms with Crippen LogP contribution < -0.4 is 0 Å². The Kier molecular flexibility index (Phi) is 5.20. The Bertz CT molecular complexity index is 1420. The summed E-state index contributed by atoms with van der Waals surface area (Å²) in [6.45, 7) is 4.58. The molecule has 0 radical (unpaired) electrons. The molecule has 6 nitrogen and oxygen atoms in total. The topological polar surface area (TPSA) is 65.9 Å². The number of hydrogen-bond acceptors (Lipinski definition) is 4. The number of pyridine rings is 1. The average Bonchev–Trinajstić information content (AvgIpc) is 3.85. The molecule has 2 unspecified atom stereocenters. The molecule has 1 aromatic heterocycles. The molecule has 3 aromatic rings. The molecule has 0 N–H and O–H groups in total. The molecule has 188 valence electrons. The van der Waals surface area contributed by atoms with E-state index in [2.05, 4.69) is 59.3 Å². The number of rotatable bonds is 6.